The Balaban J connectivity index is 2.07. The monoisotopic (exact) mass is 442 g/mol. The third-order valence-corrected chi connectivity index (χ3v) is 4.29. The van der Waals surface area contributed by atoms with E-state index in [1.54, 1.807) is 0 Å². The van der Waals surface area contributed by atoms with E-state index < -0.39 is 23.6 Å². The summed E-state index contributed by atoms with van der Waals surface area (Å²) < 4.78 is 62.7. The molecule has 1 N–H and O–H groups in total. The standard InChI is InChI=1S/C18H11ClF4N4O3/c1-27-16(25-26-17(27)28)8-29-15-6-13(19)9(7-24)4-12(15)11-5-10(2-3-14(11)20)30-18(21,22)23/h2-6H,8H2,1H3,(H,26,28). The highest BCUT2D eigenvalue weighted by Gasteiger charge is 2.31. The summed E-state index contributed by atoms with van der Waals surface area (Å²) >= 11 is 6.02. The van der Waals surface area contributed by atoms with E-state index in [-0.39, 0.29) is 39.9 Å². The minimum absolute atomic E-state index is 0.0183. The Labute approximate surface area is 171 Å². The topological polar surface area (TPSA) is 92.9 Å². The van der Waals surface area contributed by atoms with Crippen molar-refractivity contribution < 1.29 is 27.0 Å². The van der Waals surface area contributed by atoms with E-state index >= 15 is 0 Å². The van der Waals surface area contributed by atoms with Crippen LogP contribution in [-0.4, -0.2) is 21.1 Å². The first-order valence-electron chi connectivity index (χ1n) is 8.11. The number of ether oxygens (including phenoxy) is 2. The highest BCUT2D eigenvalue weighted by molar-refractivity contribution is 6.32. The zero-order valence-corrected chi connectivity index (χ0v) is 15.8. The number of hydrogen-bond donors (Lipinski definition) is 1. The third kappa shape index (κ3) is 4.55. The van der Waals surface area contributed by atoms with E-state index in [9.17, 15) is 27.6 Å². The summed E-state index contributed by atoms with van der Waals surface area (Å²) in [5.74, 6) is -1.39. The molecule has 0 unspecified atom stereocenters. The fourth-order valence-corrected chi connectivity index (χ4v) is 2.73. The van der Waals surface area contributed by atoms with E-state index in [1.165, 1.54) is 23.7 Å². The largest absolute Gasteiger partial charge is 0.573 e. The van der Waals surface area contributed by atoms with Gasteiger partial charge in [0, 0.05) is 24.2 Å². The molecular weight excluding hydrogens is 432 g/mol. The lowest BCUT2D eigenvalue weighted by Crippen LogP contribution is -2.17. The van der Waals surface area contributed by atoms with E-state index in [4.69, 9.17) is 16.3 Å². The number of nitrogens with one attached hydrogen (secondary N) is 1. The summed E-state index contributed by atoms with van der Waals surface area (Å²) in [4.78, 5) is 11.5. The van der Waals surface area contributed by atoms with Gasteiger partial charge in [0.25, 0.3) is 0 Å². The van der Waals surface area contributed by atoms with Gasteiger partial charge in [-0.25, -0.2) is 14.3 Å². The van der Waals surface area contributed by atoms with Crippen LogP contribution in [0, 0.1) is 17.1 Å². The van der Waals surface area contributed by atoms with Crippen molar-refractivity contribution in [3.05, 3.63) is 63.0 Å². The van der Waals surface area contributed by atoms with Crippen LogP contribution in [0.5, 0.6) is 11.5 Å². The first-order valence-corrected chi connectivity index (χ1v) is 8.49. The zero-order valence-electron chi connectivity index (χ0n) is 15.1. The molecule has 0 atom stereocenters. The summed E-state index contributed by atoms with van der Waals surface area (Å²) in [7, 11) is 1.44. The summed E-state index contributed by atoms with van der Waals surface area (Å²) in [5, 5.41) is 15.2. The van der Waals surface area contributed by atoms with E-state index in [0.29, 0.717) is 0 Å². The van der Waals surface area contributed by atoms with Gasteiger partial charge in [-0.15, -0.1) is 13.2 Å². The molecular formula is C18H11ClF4N4O3. The Morgan fingerprint density at radius 2 is 2.00 bits per heavy atom. The second-order valence-electron chi connectivity index (χ2n) is 5.92. The van der Waals surface area contributed by atoms with Crippen LogP contribution < -0.4 is 15.2 Å². The highest BCUT2D eigenvalue weighted by atomic mass is 35.5. The number of aromatic nitrogens is 3. The molecule has 0 radical (unpaired) electrons. The molecule has 156 valence electrons. The summed E-state index contributed by atoms with van der Waals surface area (Å²) in [5.41, 5.74) is -0.889. The molecule has 7 nitrogen and oxygen atoms in total. The van der Waals surface area contributed by atoms with Gasteiger partial charge in [0.1, 0.15) is 30.0 Å². The van der Waals surface area contributed by atoms with E-state index in [2.05, 4.69) is 14.9 Å². The zero-order chi connectivity index (χ0) is 22.1. The molecule has 0 aliphatic heterocycles. The number of aromatic amines is 1. The Hall–Kier alpha value is -3.52. The molecule has 0 amide bonds. The summed E-state index contributed by atoms with van der Waals surface area (Å²) in [6.07, 6.45) is -4.98. The molecule has 1 aromatic heterocycles. The summed E-state index contributed by atoms with van der Waals surface area (Å²) in [6, 6.07) is 6.63. The van der Waals surface area contributed by atoms with E-state index in [1.807, 2.05) is 6.07 Å². The smallest absolute Gasteiger partial charge is 0.485 e. The molecule has 0 fully saturated rings. The number of rotatable bonds is 5. The van der Waals surface area contributed by atoms with Crippen molar-refractivity contribution >= 4 is 11.6 Å². The second kappa shape index (κ2) is 8.08. The van der Waals surface area contributed by atoms with Crippen molar-refractivity contribution in [2.45, 2.75) is 13.0 Å². The molecule has 0 saturated carbocycles. The number of H-pyrrole nitrogens is 1. The van der Waals surface area contributed by atoms with Gasteiger partial charge in [0.2, 0.25) is 0 Å². The third-order valence-electron chi connectivity index (χ3n) is 3.98. The number of nitrogens with zero attached hydrogens (tertiary/aromatic N) is 3. The Bertz CT molecular complexity index is 1200. The number of halogens is 5. The molecule has 2 aromatic carbocycles. The van der Waals surface area contributed by atoms with Crippen LogP contribution in [0.1, 0.15) is 11.4 Å². The normalized spacial score (nSPS) is 11.2. The summed E-state index contributed by atoms with van der Waals surface area (Å²) in [6.45, 7) is -0.245. The van der Waals surface area contributed by atoms with Crippen LogP contribution in [0.4, 0.5) is 17.6 Å². The molecule has 30 heavy (non-hydrogen) atoms. The molecule has 1 heterocycles. The van der Waals surface area contributed by atoms with Gasteiger partial charge in [-0.2, -0.15) is 10.4 Å². The van der Waals surface area contributed by atoms with E-state index in [0.717, 1.165) is 18.2 Å². The van der Waals surface area contributed by atoms with Crippen LogP contribution in [-0.2, 0) is 13.7 Å². The SMILES string of the molecule is Cn1c(COc2cc(Cl)c(C#N)cc2-c2cc(OC(F)(F)F)ccc2F)n[nH]c1=O. The van der Waals surface area contributed by atoms with Crippen LogP contribution in [0.25, 0.3) is 11.1 Å². The number of hydrogen-bond acceptors (Lipinski definition) is 5. The van der Waals surface area contributed by atoms with Crippen LogP contribution in [0.3, 0.4) is 0 Å². The van der Waals surface area contributed by atoms with Crippen molar-refractivity contribution in [1.82, 2.24) is 14.8 Å². The molecule has 0 saturated heterocycles. The predicted octanol–water partition coefficient (Wildman–Crippen LogP) is 3.92. The average Bonchev–Trinajstić information content (AvgIpc) is 2.99. The highest BCUT2D eigenvalue weighted by Crippen LogP contribution is 2.38. The lowest BCUT2D eigenvalue weighted by Gasteiger charge is -2.15. The molecule has 0 bridgehead atoms. The quantitative estimate of drug-likeness (QED) is 0.605. The van der Waals surface area contributed by atoms with Gasteiger partial charge in [0.05, 0.1) is 10.6 Å². The van der Waals surface area contributed by atoms with Crippen molar-refractivity contribution in [1.29, 1.82) is 5.26 Å². The van der Waals surface area contributed by atoms with Gasteiger partial charge in [-0.1, -0.05) is 11.6 Å². The van der Waals surface area contributed by atoms with Gasteiger partial charge in [-0.3, -0.25) is 4.57 Å². The Morgan fingerprint density at radius 3 is 2.60 bits per heavy atom. The second-order valence-corrected chi connectivity index (χ2v) is 6.33. The fourth-order valence-electron chi connectivity index (χ4n) is 2.53. The molecule has 0 aliphatic rings. The number of benzene rings is 2. The first kappa shape index (κ1) is 21.2. The maximum Gasteiger partial charge on any atom is 0.573 e. The van der Waals surface area contributed by atoms with Gasteiger partial charge < -0.3 is 9.47 Å². The number of nitriles is 1. The molecule has 12 heteroatoms. The Morgan fingerprint density at radius 1 is 1.27 bits per heavy atom. The molecule has 0 spiro atoms. The van der Waals surface area contributed by atoms with Crippen LogP contribution in [0.2, 0.25) is 5.02 Å². The lowest BCUT2D eigenvalue weighted by molar-refractivity contribution is -0.274. The van der Waals surface area contributed by atoms with Crippen LogP contribution in [0.15, 0.2) is 35.1 Å². The lowest BCUT2D eigenvalue weighted by atomic mass is 10.0. The van der Waals surface area contributed by atoms with Crippen molar-refractivity contribution in [3.8, 4) is 28.7 Å². The van der Waals surface area contributed by atoms with Gasteiger partial charge in [-0.05, 0) is 24.3 Å². The average molecular weight is 443 g/mol. The molecule has 3 rings (SSSR count). The van der Waals surface area contributed by atoms with Crippen molar-refractivity contribution in [2.75, 3.05) is 0 Å². The fraction of sp³-hybridized carbons (Fsp3) is 0.167. The molecule has 3 aromatic rings. The number of alkyl halides is 3. The van der Waals surface area contributed by atoms with Gasteiger partial charge >= 0.3 is 12.1 Å². The maximum atomic E-state index is 14.5. The molecule has 0 aliphatic carbocycles. The minimum atomic E-state index is -4.98. The minimum Gasteiger partial charge on any atom is -0.485 e. The van der Waals surface area contributed by atoms with Crippen molar-refractivity contribution in [2.24, 2.45) is 7.05 Å². The predicted molar refractivity (Wildman–Crippen MR) is 96.4 cm³/mol. The Kier molecular flexibility index (Phi) is 5.71. The first-order chi connectivity index (χ1) is 14.1. The van der Waals surface area contributed by atoms with Crippen LogP contribution >= 0.6 is 11.6 Å². The maximum absolute atomic E-state index is 14.5. The van der Waals surface area contributed by atoms with Crippen molar-refractivity contribution in [3.63, 3.8) is 0 Å². The van der Waals surface area contributed by atoms with Gasteiger partial charge in [0.15, 0.2) is 5.82 Å².